The quantitative estimate of drug-likeness (QED) is 0.607. The Labute approximate surface area is 75.5 Å². The SMILES string of the molecule is CC(C)CC1CN2CCN1CC2. The van der Waals surface area contributed by atoms with E-state index in [1.807, 2.05) is 0 Å². The number of nitrogens with zero attached hydrogens (tertiary/aromatic N) is 2. The van der Waals surface area contributed by atoms with Gasteiger partial charge in [-0.05, 0) is 12.3 Å². The molecule has 3 heterocycles. The Hall–Kier alpha value is -0.0800. The van der Waals surface area contributed by atoms with E-state index in [1.165, 1.54) is 39.1 Å². The van der Waals surface area contributed by atoms with Gasteiger partial charge in [-0.25, -0.2) is 0 Å². The van der Waals surface area contributed by atoms with Crippen LogP contribution in [-0.4, -0.2) is 48.6 Å². The van der Waals surface area contributed by atoms with Gasteiger partial charge in [-0.1, -0.05) is 13.8 Å². The van der Waals surface area contributed by atoms with Gasteiger partial charge in [0.1, 0.15) is 0 Å². The standard InChI is InChI=1S/C10H20N2/c1-9(2)7-10-8-11-3-5-12(10)6-4-11/h9-10H,3-8H2,1-2H3. The maximum atomic E-state index is 2.68. The normalized spacial score (nSPS) is 40.8. The van der Waals surface area contributed by atoms with Crippen LogP contribution in [0.4, 0.5) is 0 Å². The summed E-state index contributed by atoms with van der Waals surface area (Å²) in [4.78, 5) is 5.30. The van der Waals surface area contributed by atoms with Crippen LogP contribution in [-0.2, 0) is 0 Å². The van der Waals surface area contributed by atoms with Gasteiger partial charge in [-0.2, -0.15) is 0 Å². The molecule has 1 unspecified atom stereocenters. The van der Waals surface area contributed by atoms with Crippen molar-refractivity contribution < 1.29 is 0 Å². The van der Waals surface area contributed by atoms with Gasteiger partial charge < -0.3 is 0 Å². The van der Waals surface area contributed by atoms with Crippen molar-refractivity contribution in [1.82, 2.24) is 9.80 Å². The van der Waals surface area contributed by atoms with Crippen LogP contribution >= 0.6 is 0 Å². The summed E-state index contributed by atoms with van der Waals surface area (Å²) in [5.74, 6) is 0.857. The van der Waals surface area contributed by atoms with E-state index in [-0.39, 0.29) is 0 Å². The molecular weight excluding hydrogens is 148 g/mol. The zero-order valence-corrected chi connectivity index (χ0v) is 8.29. The first kappa shape index (κ1) is 8.52. The first-order chi connectivity index (χ1) is 5.75. The first-order valence-electron chi connectivity index (χ1n) is 5.22. The van der Waals surface area contributed by atoms with Crippen molar-refractivity contribution >= 4 is 0 Å². The molecule has 3 saturated heterocycles. The summed E-state index contributed by atoms with van der Waals surface area (Å²) in [5.41, 5.74) is 0. The second-order valence-electron chi connectivity index (χ2n) is 4.62. The van der Waals surface area contributed by atoms with E-state index in [0.29, 0.717) is 0 Å². The zero-order chi connectivity index (χ0) is 8.55. The molecule has 3 aliphatic heterocycles. The van der Waals surface area contributed by atoms with Crippen LogP contribution in [0.15, 0.2) is 0 Å². The maximum Gasteiger partial charge on any atom is 0.0226 e. The summed E-state index contributed by atoms with van der Waals surface area (Å²) in [7, 11) is 0. The highest BCUT2D eigenvalue weighted by Gasteiger charge is 2.31. The maximum absolute atomic E-state index is 2.68. The Morgan fingerprint density at radius 1 is 1.17 bits per heavy atom. The lowest BCUT2D eigenvalue weighted by Crippen LogP contribution is -2.61. The van der Waals surface area contributed by atoms with Crippen molar-refractivity contribution in [1.29, 1.82) is 0 Å². The third-order valence-electron chi connectivity index (χ3n) is 3.14. The lowest BCUT2D eigenvalue weighted by atomic mass is 9.98. The van der Waals surface area contributed by atoms with Crippen LogP contribution in [0.3, 0.4) is 0 Å². The van der Waals surface area contributed by atoms with Crippen molar-refractivity contribution in [3.63, 3.8) is 0 Å². The van der Waals surface area contributed by atoms with Gasteiger partial charge in [-0.15, -0.1) is 0 Å². The fourth-order valence-corrected chi connectivity index (χ4v) is 2.49. The van der Waals surface area contributed by atoms with Crippen LogP contribution in [0, 0.1) is 5.92 Å². The monoisotopic (exact) mass is 168 g/mol. The molecule has 2 bridgehead atoms. The molecule has 70 valence electrons. The van der Waals surface area contributed by atoms with Crippen molar-refractivity contribution in [3.8, 4) is 0 Å². The molecule has 0 N–H and O–H groups in total. The van der Waals surface area contributed by atoms with Crippen LogP contribution in [0.25, 0.3) is 0 Å². The summed E-state index contributed by atoms with van der Waals surface area (Å²) in [6.07, 6.45) is 1.39. The molecule has 3 fully saturated rings. The van der Waals surface area contributed by atoms with Crippen LogP contribution in [0.1, 0.15) is 20.3 Å². The molecule has 0 spiro atoms. The molecule has 0 radical (unpaired) electrons. The van der Waals surface area contributed by atoms with Crippen molar-refractivity contribution in [2.45, 2.75) is 26.3 Å². The highest BCUT2D eigenvalue weighted by molar-refractivity contribution is 4.88. The van der Waals surface area contributed by atoms with Gasteiger partial charge in [0.05, 0.1) is 0 Å². The summed E-state index contributed by atoms with van der Waals surface area (Å²) < 4.78 is 0. The topological polar surface area (TPSA) is 6.48 Å². The number of hydrogen-bond donors (Lipinski definition) is 0. The van der Waals surface area contributed by atoms with Gasteiger partial charge in [0, 0.05) is 38.8 Å². The molecule has 1 atom stereocenters. The van der Waals surface area contributed by atoms with E-state index in [1.54, 1.807) is 0 Å². The number of piperazine rings is 3. The van der Waals surface area contributed by atoms with Gasteiger partial charge in [0.2, 0.25) is 0 Å². The minimum atomic E-state index is 0.857. The predicted molar refractivity (Wildman–Crippen MR) is 51.3 cm³/mol. The fourth-order valence-electron chi connectivity index (χ4n) is 2.49. The van der Waals surface area contributed by atoms with E-state index in [4.69, 9.17) is 0 Å². The summed E-state index contributed by atoms with van der Waals surface area (Å²) in [5, 5.41) is 0. The third kappa shape index (κ3) is 1.64. The van der Waals surface area contributed by atoms with Crippen LogP contribution in [0.5, 0.6) is 0 Å². The Bertz CT molecular complexity index is 146. The second-order valence-corrected chi connectivity index (χ2v) is 4.62. The minimum Gasteiger partial charge on any atom is -0.299 e. The Morgan fingerprint density at radius 2 is 1.83 bits per heavy atom. The summed E-state index contributed by atoms with van der Waals surface area (Å²) in [6, 6.07) is 0.868. The van der Waals surface area contributed by atoms with E-state index >= 15 is 0 Å². The first-order valence-corrected chi connectivity index (χ1v) is 5.22. The Balaban J connectivity index is 1.91. The Morgan fingerprint density at radius 3 is 2.25 bits per heavy atom. The van der Waals surface area contributed by atoms with Gasteiger partial charge in [0.25, 0.3) is 0 Å². The molecule has 0 aromatic carbocycles. The molecule has 12 heavy (non-hydrogen) atoms. The second kappa shape index (κ2) is 3.35. The Kier molecular flexibility index (Phi) is 2.37. The summed E-state index contributed by atoms with van der Waals surface area (Å²) >= 11 is 0. The van der Waals surface area contributed by atoms with E-state index < -0.39 is 0 Å². The predicted octanol–water partition coefficient (Wildman–Crippen LogP) is 1.03. The van der Waals surface area contributed by atoms with Gasteiger partial charge >= 0.3 is 0 Å². The highest BCUT2D eigenvalue weighted by atomic mass is 15.3. The average molecular weight is 168 g/mol. The van der Waals surface area contributed by atoms with E-state index in [0.717, 1.165) is 12.0 Å². The minimum absolute atomic E-state index is 0.857. The van der Waals surface area contributed by atoms with Crippen molar-refractivity contribution in [3.05, 3.63) is 0 Å². The lowest BCUT2D eigenvalue weighted by molar-refractivity contribution is 0.00500. The van der Waals surface area contributed by atoms with Gasteiger partial charge in [-0.3, -0.25) is 9.80 Å². The molecule has 3 aliphatic rings. The molecule has 0 aromatic heterocycles. The molecular formula is C10H20N2. The van der Waals surface area contributed by atoms with Gasteiger partial charge in [0.15, 0.2) is 0 Å². The summed E-state index contributed by atoms with van der Waals surface area (Å²) in [6.45, 7) is 11.3. The molecule has 0 aromatic rings. The average Bonchev–Trinajstić information content (AvgIpc) is 2.05. The molecule has 0 saturated carbocycles. The number of rotatable bonds is 2. The third-order valence-corrected chi connectivity index (χ3v) is 3.14. The molecule has 0 amide bonds. The molecule has 0 aliphatic carbocycles. The smallest absolute Gasteiger partial charge is 0.0226 e. The van der Waals surface area contributed by atoms with Crippen LogP contribution < -0.4 is 0 Å². The zero-order valence-electron chi connectivity index (χ0n) is 8.29. The molecule has 2 nitrogen and oxygen atoms in total. The lowest BCUT2D eigenvalue weighted by Gasteiger charge is -2.48. The van der Waals surface area contributed by atoms with Crippen LogP contribution in [0.2, 0.25) is 0 Å². The largest absolute Gasteiger partial charge is 0.299 e. The van der Waals surface area contributed by atoms with E-state index in [9.17, 15) is 0 Å². The van der Waals surface area contributed by atoms with Crippen molar-refractivity contribution in [2.24, 2.45) is 5.92 Å². The van der Waals surface area contributed by atoms with Crippen molar-refractivity contribution in [2.75, 3.05) is 32.7 Å². The highest BCUT2D eigenvalue weighted by Crippen LogP contribution is 2.20. The number of fused-ring (bicyclic) bond motifs is 3. The van der Waals surface area contributed by atoms with E-state index in [2.05, 4.69) is 23.6 Å². The molecule has 2 heteroatoms. The fraction of sp³-hybridized carbons (Fsp3) is 1.00. The molecule has 3 rings (SSSR count). The number of hydrogen-bond acceptors (Lipinski definition) is 2.